The summed E-state index contributed by atoms with van der Waals surface area (Å²) in [6.07, 6.45) is -4.70. The molecule has 0 bridgehead atoms. The Bertz CT molecular complexity index is 564. The predicted octanol–water partition coefficient (Wildman–Crippen LogP) is 2.23. The number of nitriles is 1. The summed E-state index contributed by atoms with van der Waals surface area (Å²) in [4.78, 5) is 9.76. The number of nitrogens with two attached hydrogens (primary N) is 1. The Kier molecular flexibility index (Phi) is 4.20. The van der Waals surface area contributed by atoms with Crippen molar-refractivity contribution in [2.24, 2.45) is 5.73 Å². The number of hydrogen-bond acceptors (Lipinski definition) is 5. The Balaban J connectivity index is 3.10. The minimum Gasteiger partial charge on any atom is -0.484 e. The minimum atomic E-state index is -4.70. The van der Waals surface area contributed by atoms with Gasteiger partial charge < -0.3 is 10.5 Å². The highest BCUT2D eigenvalue weighted by Crippen LogP contribution is 2.36. The third-order valence-electron chi connectivity index (χ3n) is 2.27. The molecule has 9 heteroatoms. The second kappa shape index (κ2) is 5.34. The van der Waals surface area contributed by atoms with Gasteiger partial charge in [-0.1, -0.05) is 0 Å². The van der Waals surface area contributed by atoms with E-state index in [1.165, 1.54) is 6.92 Å². The van der Waals surface area contributed by atoms with Crippen molar-refractivity contribution >= 4 is 5.69 Å². The van der Waals surface area contributed by atoms with E-state index in [1.807, 2.05) is 0 Å². The molecule has 0 fully saturated rings. The van der Waals surface area contributed by atoms with E-state index < -0.39 is 34.5 Å². The van der Waals surface area contributed by atoms with Gasteiger partial charge in [0.2, 0.25) is 0 Å². The van der Waals surface area contributed by atoms with Crippen molar-refractivity contribution in [3.63, 3.8) is 0 Å². The summed E-state index contributed by atoms with van der Waals surface area (Å²) in [5, 5.41) is 19.4. The third-order valence-corrected chi connectivity index (χ3v) is 2.27. The molecule has 0 saturated heterocycles. The molecule has 20 heavy (non-hydrogen) atoms. The number of benzene rings is 1. The Morgan fingerprint density at radius 3 is 2.55 bits per heavy atom. The maximum absolute atomic E-state index is 12.5. The second-order valence-corrected chi connectivity index (χ2v) is 4.26. The first kappa shape index (κ1) is 15.7. The van der Waals surface area contributed by atoms with Crippen LogP contribution < -0.4 is 10.5 Å². The van der Waals surface area contributed by atoms with Gasteiger partial charge in [-0.3, -0.25) is 10.1 Å². The highest BCUT2D eigenvalue weighted by molar-refractivity contribution is 5.49. The standard InChI is InChI=1S/C11H10F3N3O3/c1-10(16,5-15)6-20-9-3-2-7(11(12,13)14)4-8(9)17(18)19/h2-4H,6,16H2,1H3. The molecule has 0 aliphatic heterocycles. The van der Waals surface area contributed by atoms with Gasteiger partial charge in [0, 0.05) is 6.07 Å². The molecule has 6 nitrogen and oxygen atoms in total. The summed E-state index contributed by atoms with van der Waals surface area (Å²) >= 11 is 0. The quantitative estimate of drug-likeness (QED) is 0.676. The first-order chi connectivity index (χ1) is 9.07. The van der Waals surface area contributed by atoms with Crippen molar-refractivity contribution in [1.29, 1.82) is 5.26 Å². The lowest BCUT2D eigenvalue weighted by atomic mass is 10.1. The number of nitrogens with zero attached hydrogens (tertiary/aromatic N) is 2. The maximum atomic E-state index is 12.5. The number of nitro benzene ring substituents is 1. The fraction of sp³-hybridized carbons (Fsp3) is 0.364. The van der Waals surface area contributed by atoms with Crippen LogP contribution >= 0.6 is 0 Å². The van der Waals surface area contributed by atoms with E-state index in [1.54, 1.807) is 6.07 Å². The highest BCUT2D eigenvalue weighted by Gasteiger charge is 2.33. The van der Waals surface area contributed by atoms with Crippen molar-refractivity contribution in [2.45, 2.75) is 18.6 Å². The fourth-order valence-corrected chi connectivity index (χ4v) is 1.22. The monoisotopic (exact) mass is 289 g/mol. The van der Waals surface area contributed by atoms with Gasteiger partial charge in [0.05, 0.1) is 16.6 Å². The van der Waals surface area contributed by atoms with E-state index in [4.69, 9.17) is 15.7 Å². The molecule has 1 aromatic rings. The molecule has 0 amide bonds. The molecule has 1 unspecified atom stereocenters. The van der Waals surface area contributed by atoms with E-state index in [2.05, 4.69) is 0 Å². The van der Waals surface area contributed by atoms with Crippen LogP contribution in [-0.2, 0) is 6.18 Å². The van der Waals surface area contributed by atoms with Gasteiger partial charge in [0.25, 0.3) is 0 Å². The second-order valence-electron chi connectivity index (χ2n) is 4.26. The molecule has 0 aromatic heterocycles. The van der Waals surface area contributed by atoms with Crippen LogP contribution in [0.1, 0.15) is 12.5 Å². The summed E-state index contributed by atoms with van der Waals surface area (Å²) in [5.74, 6) is -0.380. The van der Waals surface area contributed by atoms with Crippen molar-refractivity contribution < 1.29 is 22.8 Å². The van der Waals surface area contributed by atoms with E-state index in [9.17, 15) is 23.3 Å². The van der Waals surface area contributed by atoms with E-state index in [0.29, 0.717) is 12.1 Å². The smallest absolute Gasteiger partial charge is 0.416 e. The molecule has 0 heterocycles. The lowest BCUT2D eigenvalue weighted by Gasteiger charge is -2.16. The average molecular weight is 289 g/mol. The van der Waals surface area contributed by atoms with Crippen LogP contribution in [0.3, 0.4) is 0 Å². The van der Waals surface area contributed by atoms with Gasteiger partial charge in [0.15, 0.2) is 5.75 Å². The molecule has 0 aliphatic rings. The topological polar surface area (TPSA) is 102 Å². The molecule has 1 aromatic carbocycles. The normalized spacial score (nSPS) is 14.2. The molecule has 1 rings (SSSR count). The summed E-state index contributed by atoms with van der Waals surface area (Å²) in [6.45, 7) is 0.929. The summed E-state index contributed by atoms with van der Waals surface area (Å²) < 4.78 is 42.4. The van der Waals surface area contributed by atoms with Crippen LogP contribution in [-0.4, -0.2) is 17.1 Å². The van der Waals surface area contributed by atoms with Crippen LogP contribution in [0.2, 0.25) is 0 Å². The molecular formula is C11H10F3N3O3. The van der Waals surface area contributed by atoms with Gasteiger partial charge in [-0.15, -0.1) is 0 Å². The number of alkyl halides is 3. The van der Waals surface area contributed by atoms with E-state index in [0.717, 1.165) is 6.07 Å². The molecule has 2 N–H and O–H groups in total. The zero-order valence-electron chi connectivity index (χ0n) is 10.3. The predicted molar refractivity (Wildman–Crippen MR) is 61.8 cm³/mol. The van der Waals surface area contributed by atoms with Crippen molar-refractivity contribution in [3.8, 4) is 11.8 Å². The van der Waals surface area contributed by atoms with Gasteiger partial charge in [-0.25, -0.2) is 0 Å². The third kappa shape index (κ3) is 3.83. The van der Waals surface area contributed by atoms with Gasteiger partial charge in [0.1, 0.15) is 12.1 Å². The number of rotatable bonds is 4. The zero-order chi connectivity index (χ0) is 15.6. The van der Waals surface area contributed by atoms with Crippen LogP contribution in [0.5, 0.6) is 5.75 Å². The molecule has 0 saturated carbocycles. The van der Waals surface area contributed by atoms with Crippen LogP contribution in [0, 0.1) is 21.4 Å². The maximum Gasteiger partial charge on any atom is 0.416 e. The summed E-state index contributed by atoms with van der Waals surface area (Å²) in [7, 11) is 0. The van der Waals surface area contributed by atoms with E-state index >= 15 is 0 Å². The van der Waals surface area contributed by atoms with E-state index in [-0.39, 0.29) is 5.75 Å². The van der Waals surface area contributed by atoms with Gasteiger partial charge >= 0.3 is 11.9 Å². The Morgan fingerprint density at radius 1 is 1.50 bits per heavy atom. The Labute approximate surface area is 111 Å². The molecule has 0 spiro atoms. The molecule has 0 radical (unpaired) electrons. The fourth-order valence-electron chi connectivity index (χ4n) is 1.22. The highest BCUT2D eigenvalue weighted by atomic mass is 19.4. The largest absolute Gasteiger partial charge is 0.484 e. The first-order valence-corrected chi connectivity index (χ1v) is 5.25. The van der Waals surface area contributed by atoms with Crippen LogP contribution in [0.4, 0.5) is 18.9 Å². The van der Waals surface area contributed by atoms with Crippen LogP contribution in [0.15, 0.2) is 18.2 Å². The summed E-state index contributed by atoms with van der Waals surface area (Å²) in [5.41, 5.74) is 2.05. The number of ether oxygens (including phenoxy) is 1. The Hall–Kier alpha value is -2.34. The molecular weight excluding hydrogens is 279 g/mol. The van der Waals surface area contributed by atoms with Gasteiger partial charge in [-0.2, -0.15) is 18.4 Å². The van der Waals surface area contributed by atoms with Crippen molar-refractivity contribution in [1.82, 2.24) is 0 Å². The number of nitro groups is 1. The number of halogens is 3. The SMILES string of the molecule is CC(N)(C#N)COc1ccc(C(F)(F)F)cc1[N+](=O)[O-]. The minimum absolute atomic E-state index is 0.371. The summed E-state index contributed by atoms with van der Waals surface area (Å²) in [6, 6.07) is 3.55. The zero-order valence-corrected chi connectivity index (χ0v) is 10.3. The molecule has 108 valence electrons. The first-order valence-electron chi connectivity index (χ1n) is 5.25. The lowest BCUT2D eigenvalue weighted by molar-refractivity contribution is -0.386. The molecule has 0 aliphatic carbocycles. The molecule has 1 atom stereocenters. The van der Waals surface area contributed by atoms with Crippen molar-refractivity contribution in [2.75, 3.05) is 6.61 Å². The lowest BCUT2D eigenvalue weighted by Crippen LogP contribution is -2.40. The van der Waals surface area contributed by atoms with Crippen LogP contribution in [0.25, 0.3) is 0 Å². The Morgan fingerprint density at radius 2 is 2.10 bits per heavy atom. The number of hydrogen-bond donors (Lipinski definition) is 1. The average Bonchev–Trinajstić information content (AvgIpc) is 2.35. The van der Waals surface area contributed by atoms with Crippen molar-refractivity contribution in [3.05, 3.63) is 33.9 Å². The van der Waals surface area contributed by atoms with Gasteiger partial charge in [-0.05, 0) is 19.1 Å².